The number of nitrogens with zero attached hydrogens (tertiary/aromatic N) is 1. The summed E-state index contributed by atoms with van der Waals surface area (Å²) in [7, 11) is 0. The van der Waals surface area contributed by atoms with Gasteiger partial charge in [-0.25, -0.2) is 4.98 Å². The average molecular weight is 302 g/mol. The molecule has 100 valence electrons. The number of aromatic nitrogens is 2. The van der Waals surface area contributed by atoms with Crippen molar-refractivity contribution < 1.29 is 0 Å². The minimum atomic E-state index is 0.463. The van der Waals surface area contributed by atoms with Gasteiger partial charge in [0.2, 0.25) is 0 Å². The van der Waals surface area contributed by atoms with Crippen molar-refractivity contribution in [1.82, 2.24) is 9.97 Å². The highest BCUT2D eigenvalue weighted by atomic mass is 35.5. The highest BCUT2D eigenvalue weighted by Gasteiger charge is 2.04. The molecule has 2 N–H and O–H groups in total. The van der Waals surface area contributed by atoms with Crippen LogP contribution in [0.2, 0.25) is 5.02 Å². The molecule has 3 nitrogen and oxygen atoms in total. The molecule has 1 aromatic heterocycles. The smallest absolute Gasteiger partial charge is 0.199 e. The van der Waals surface area contributed by atoms with Crippen molar-refractivity contribution in [3.05, 3.63) is 63.9 Å². The number of benzene rings is 2. The van der Waals surface area contributed by atoms with Crippen molar-refractivity contribution in [3.8, 4) is 0 Å². The second-order valence-corrected chi connectivity index (χ2v) is 5.18. The van der Waals surface area contributed by atoms with Crippen LogP contribution in [0, 0.1) is 4.77 Å². The summed E-state index contributed by atoms with van der Waals surface area (Å²) in [5, 5.41) is 5.05. The standard InChI is InChI=1S/C15H12ClN3S/c16-12-7-3-1-5-10(12)9-17-14-11-6-2-4-8-13(11)18-15(20)19-14/h1-8H,9H2,(H2,17,18,19,20). The van der Waals surface area contributed by atoms with E-state index in [1.54, 1.807) is 0 Å². The molecule has 1 heterocycles. The molecule has 0 aliphatic heterocycles. The molecule has 0 bridgehead atoms. The van der Waals surface area contributed by atoms with Crippen LogP contribution in [0.15, 0.2) is 48.5 Å². The van der Waals surface area contributed by atoms with Gasteiger partial charge in [-0.15, -0.1) is 0 Å². The quantitative estimate of drug-likeness (QED) is 0.697. The first-order valence-corrected chi connectivity index (χ1v) is 6.99. The molecule has 0 spiro atoms. The van der Waals surface area contributed by atoms with Crippen molar-refractivity contribution in [2.45, 2.75) is 6.54 Å². The number of halogens is 1. The van der Waals surface area contributed by atoms with Gasteiger partial charge in [-0.1, -0.05) is 41.9 Å². The van der Waals surface area contributed by atoms with E-state index < -0.39 is 0 Å². The van der Waals surface area contributed by atoms with Crippen LogP contribution >= 0.6 is 23.8 Å². The van der Waals surface area contributed by atoms with Crippen LogP contribution in [-0.4, -0.2) is 9.97 Å². The predicted octanol–water partition coefficient (Wildman–Crippen LogP) is 4.56. The summed E-state index contributed by atoms with van der Waals surface area (Å²) >= 11 is 11.3. The van der Waals surface area contributed by atoms with E-state index in [2.05, 4.69) is 15.3 Å². The Morgan fingerprint density at radius 3 is 2.70 bits per heavy atom. The number of para-hydroxylation sites is 1. The Morgan fingerprint density at radius 2 is 1.85 bits per heavy atom. The van der Waals surface area contributed by atoms with E-state index in [1.165, 1.54) is 0 Å². The highest BCUT2D eigenvalue weighted by molar-refractivity contribution is 7.71. The van der Waals surface area contributed by atoms with Gasteiger partial charge in [-0.2, -0.15) is 0 Å². The maximum absolute atomic E-state index is 6.15. The topological polar surface area (TPSA) is 40.7 Å². The average Bonchev–Trinajstić information content (AvgIpc) is 2.46. The van der Waals surface area contributed by atoms with Crippen LogP contribution < -0.4 is 5.32 Å². The zero-order valence-electron chi connectivity index (χ0n) is 10.6. The van der Waals surface area contributed by atoms with Crippen molar-refractivity contribution >= 4 is 40.5 Å². The Kier molecular flexibility index (Phi) is 3.67. The third-order valence-electron chi connectivity index (χ3n) is 3.04. The predicted molar refractivity (Wildman–Crippen MR) is 85.7 cm³/mol. The summed E-state index contributed by atoms with van der Waals surface area (Å²) in [4.78, 5) is 7.43. The molecule has 2 aromatic carbocycles. The first-order valence-electron chi connectivity index (χ1n) is 6.20. The van der Waals surface area contributed by atoms with Gasteiger partial charge in [0.05, 0.1) is 5.52 Å². The Labute approximate surface area is 126 Å². The maximum Gasteiger partial charge on any atom is 0.199 e. The molecule has 5 heteroatoms. The summed E-state index contributed by atoms with van der Waals surface area (Å²) in [6.07, 6.45) is 0. The molecule has 0 fully saturated rings. The summed E-state index contributed by atoms with van der Waals surface area (Å²) in [6, 6.07) is 15.7. The van der Waals surface area contributed by atoms with Crippen LogP contribution in [0.5, 0.6) is 0 Å². The fourth-order valence-corrected chi connectivity index (χ4v) is 2.46. The molecule has 0 radical (unpaired) electrons. The third-order valence-corrected chi connectivity index (χ3v) is 3.60. The molecule has 20 heavy (non-hydrogen) atoms. The largest absolute Gasteiger partial charge is 0.365 e. The van der Waals surface area contributed by atoms with E-state index in [9.17, 15) is 0 Å². The monoisotopic (exact) mass is 301 g/mol. The first kappa shape index (κ1) is 13.1. The molecule has 0 unspecified atom stereocenters. The van der Waals surface area contributed by atoms with Gasteiger partial charge in [-0.3, -0.25) is 0 Å². The molecule has 0 atom stereocenters. The summed E-state index contributed by atoms with van der Waals surface area (Å²) < 4.78 is 0.463. The minimum Gasteiger partial charge on any atom is -0.365 e. The van der Waals surface area contributed by atoms with Crippen molar-refractivity contribution in [1.29, 1.82) is 0 Å². The molecule has 0 amide bonds. The zero-order chi connectivity index (χ0) is 13.9. The summed E-state index contributed by atoms with van der Waals surface area (Å²) in [5.41, 5.74) is 1.99. The van der Waals surface area contributed by atoms with E-state index in [1.807, 2.05) is 48.5 Å². The van der Waals surface area contributed by atoms with Gasteiger partial charge < -0.3 is 10.3 Å². The molecule has 0 aliphatic rings. The highest BCUT2D eigenvalue weighted by Crippen LogP contribution is 2.21. The number of anilines is 1. The Balaban J connectivity index is 1.95. The van der Waals surface area contributed by atoms with Gasteiger partial charge in [-0.05, 0) is 36.0 Å². The fourth-order valence-electron chi connectivity index (χ4n) is 2.06. The number of hydrogen-bond donors (Lipinski definition) is 2. The fraction of sp³-hybridized carbons (Fsp3) is 0.0667. The van der Waals surface area contributed by atoms with Gasteiger partial charge in [0.25, 0.3) is 0 Å². The SMILES string of the molecule is S=c1nc(NCc2ccccc2Cl)c2ccccc2[nH]1. The van der Waals surface area contributed by atoms with Crippen LogP contribution in [0.4, 0.5) is 5.82 Å². The van der Waals surface area contributed by atoms with E-state index in [-0.39, 0.29) is 0 Å². The van der Waals surface area contributed by atoms with Gasteiger partial charge in [0, 0.05) is 17.0 Å². The minimum absolute atomic E-state index is 0.463. The van der Waals surface area contributed by atoms with Crippen LogP contribution in [0.1, 0.15) is 5.56 Å². The summed E-state index contributed by atoms with van der Waals surface area (Å²) in [5.74, 6) is 0.768. The second kappa shape index (κ2) is 5.61. The van der Waals surface area contributed by atoms with Crippen LogP contribution in [0.3, 0.4) is 0 Å². The maximum atomic E-state index is 6.15. The molecular formula is C15H12ClN3S. The summed E-state index contributed by atoms with van der Waals surface area (Å²) in [6.45, 7) is 0.607. The zero-order valence-corrected chi connectivity index (χ0v) is 12.1. The molecule has 3 aromatic rings. The van der Waals surface area contributed by atoms with Crippen molar-refractivity contribution in [3.63, 3.8) is 0 Å². The number of fused-ring (bicyclic) bond motifs is 1. The lowest BCUT2D eigenvalue weighted by molar-refractivity contribution is 1.09. The second-order valence-electron chi connectivity index (χ2n) is 4.38. The lowest BCUT2D eigenvalue weighted by atomic mass is 10.2. The van der Waals surface area contributed by atoms with E-state index in [0.29, 0.717) is 11.3 Å². The molecule has 0 saturated heterocycles. The molecular weight excluding hydrogens is 290 g/mol. The van der Waals surface area contributed by atoms with E-state index in [0.717, 1.165) is 27.3 Å². The Morgan fingerprint density at radius 1 is 1.10 bits per heavy atom. The lowest BCUT2D eigenvalue weighted by Gasteiger charge is -2.09. The Bertz CT molecular complexity index is 813. The number of nitrogens with one attached hydrogen (secondary N) is 2. The number of aromatic amines is 1. The lowest BCUT2D eigenvalue weighted by Crippen LogP contribution is -2.03. The number of rotatable bonds is 3. The van der Waals surface area contributed by atoms with Gasteiger partial charge in [0.15, 0.2) is 4.77 Å². The molecule has 0 aliphatic carbocycles. The Hall–Kier alpha value is -1.91. The van der Waals surface area contributed by atoms with E-state index >= 15 is 0 Å². The molecule has 3 rings (SSSR count). The molecule has 0 saturated carbocycles. The van der Waals surface area contributed by atoms with Gasteiger partial charge in [0.1, 0.15) is 5.82 Å². The normalized spacial score (nSPS) is 10.7. The third kappa shape index (κ3) is 2.66. The van der Waals surface area contributed by atoms with Crippen LogP contribution in [0.25, 0.3) is 10.9 Å². The number of H-pyrrole nitrogens is 1. The van der Waals surface area contributed by atoms with Gasteiger partial charge >= 0.3 is 0 Å². The van der Waals surface area contributed by atoms with E-state index in [4.69, 9.17) is 23.8 Å². The first-order chi connectivity index (χ1) is 9.74. The number of hydrogen-bond acceptors (Lipinski definition) is 3. The van der Waals surface area contributed by atoms with Crippen molar-refractivity contribution in [2.75, 3.05) is 5.32 Å². The van der Waals surface area contributed by atoms with Crippen LogP contribution in [-0.2, 0) is 6.54 Å². The van der Waals surface area contributed by atoms with Crippen molar-refractivity contribution in [2.24, 2.45) is 0 Å².